The first-order valence-electron chi connectivity index (χ1n) is 7.86. The second-order valence-corrected chi connectivity index (χ2v) is 7.28. The quantitative estimate of drug-likeness (QED) is 0.661. The van der Waals surface area contributed by atoms with Crippen molar-refractivity contribution in [1.82, 2.24) is 14.5 Å². The Morgan fingerprint density at radius 1 is 1.23 bits per heavy atom. The maximum atomic E-state index is 12.0. The van der Waals surface area contributed by atoms with E-state index in [9.17, 15) is 18.6 Å². The van der Waals surface area contributed by atoms with Crippen LogP contribution in [-0.4, -0.2) is 28.4 Å². The smallest absolute Gasteiger partial charge is 0.330 e. The minimum atomic E-state index is -3.99. The Bertz CT molecular complexity index is 990. The topological polar surface area (TPSA) is 131 Å². The van der Waals surface area contributed by atoms with Crippen molar-refractivity contribution in [2.75, 3.05) is 4.31 Å². The number of nitriles is 1. The van der Waals surface area contributed by atoms with Crippen LogP contribution in [0.4, 0.5) is 5.69 Å². The van der Waals surface area contributed by atoms with Crippen LogP contribution < -0.4 is 9.03 Å². The van der Waals surface area contributed by atoms with Gasteiger partial charge >= 0.3 is 10.2 Å². The van der Waals surface area contributed by atoms with Crippen molar-refractivity contribution >= 4 is 15.9 Å². The van der Waals surface area contributed by atoms with Crippen molar-refractivity contribution in [3.8, 4) is 22.9 Å². The molecule has 0 spiro atoms. The zero-order chi connectivity index (χ0) is 18.7. The standard InChI is InChI=1S/C16H17N5O4S/c17-6-2-1-3-7-20-10-13(9-18-20)12-4-5-15(22)14(8-12)21-11-16(23)19-26(21,24)25/h4-5,8-11,19,22-23H,1-3,7H2. The molecule has 2 heterocycles. The molecule has 0 bridgehead atoms. The molecular formula is C16H17N5O4S. The summed E-state index contributed by atoms with van der Waals surface area (Å²) in [6.45, 7) is 0.674. The monoisotopic (exact) mass is 375 g/mol. The summed E-state index contributed by atoms with van der Waals surface area (Å²) in [5.41, 5.74) is 1.43. The minimum absolute atomic E-state index is 0.0146. The van der Waals surface area contributed by atoms with E-state index in [1.165, 1.54) is 12.1 Å². The van der Waals surface area contributed by atoms with E-state index >= 15 is 0 Å². The Hall–Kier alpha value is -3.19. The van der Waals surface area contributed by atoms with E-state index in [0.29, 0.717) is 18.5 Å². The van der Waals surface area contributed by atoms with E-state index < -0.39 is 16.1 Å². The zero-order valence-electron chi connectivity index (χ0n) is 13.7. The molecule has 136 valence electrons. The summed E-state index contributed by atoms with van der Waals surface area (Å²) in [5, 5.41) is 32.3. The molecule has 0 aliphatic carbocycles. The predicted octanol–water partition coefficient (Wildman–Crippen LogP) is 1.96. The maximum Gasteiger partial charge on any atom is 0.330 e. The first-order valence-corrected chi connectivity index (χ1v) is 9.30. The lowest BCUT2D eigenvalue weighted by Crippen LogP contribution is -2.29. The molecule has 0 amide bonds. The summed E-state index contributed by atoms with van der Waals surface area (Å²) in [4.78, 5) is 0. The lowest BCUT2D eigenvalue weighted by atomic mass is 10.1. The Morgan fingerprint density at radius 3 is 2.73 bits per heavy atom. The molecule has 0 fully saturated rings. The fourth-order valence-corrected chi connectivity index (χ4v) is 3.64. The van der Waals surface area contributed by atoms with E-state index in [-0.39, 0.29) is 11.4 Å². The number of aryl methyl sites for hydroxylation is 1. The number of anilines is 1. The molecule has 1 aliphatic heterocycles. The number of unbranched alkanes of at least 4 members (excludes halogenated alkanes) is 2. The highest BCUT2D eigenvalue weighted by molar-refractivity contribution is 7.91. The average Bonchev–Trinajstić information content (AvgIpc) is 3.16. The lowest BCUT2D eigenvalue weighted by Gasteiger charge is -2.16. The number of aromatic hydroxyl groups is 1. The van der Waals surface area contributed by atoms with Gasteiger partial charge in [-0.2, -0.15) is 18.8 Å². The third-order valence-corrected chi connectivity index (χ3v) is 5.12. The van der Waals surface area contributed by atoms with Crippen molar-refractivity contribution in [3.63, 3.8) is 0 Å². The van der Waals surface area contributed by atoms with Gasteiger partial charge in [0.1, 0.15) is 11.4 Å². The third kappa shape index (κ3) is 3.57. The highest BCUT2D eigenvalue weighted by Crippen LogP contribution is 2.35. The summed E-state index contributed by atoms with van der Waals surface area (Å²) >= 11 is 0. The number of nitrogens with zero attached hydrogens (tertiary/aromatic N) is 4. The molecule has 9 nitrogen and oxygen atoms in total. The normalized spacial score (nSPS) is 15.3. The van der Waals surface area contributed by atoms with Gasteiger partial charge in [-0.25, -0.2) is 9.03 Å². The van der Waals surface area contributed by atoms with Crippen LogP contribution >= 0.6 is 0 Å². The van der Waals surface area contributed by atoms with Crippen molar-refractivity contribution in [1.29, 1.82) is 5.26 Å². The molecule has 0 saturated carbocycles. The highest BCUT2D eigenvalue weighted by Gasteiger charge is 2.30. The van der Waals surface area contributed by atoms with Gasteiger partial charge < -0.3 is 10.2 Å². The van der Waals surface area contributed by atoms with Gasteiger partial charge in [-0.15, -0.1) is 0 Å². The zero-order valence-corrected chi connectivity index (χ0v) is 14.5. The highest BCUT2D eigenvalue weighted by atomic mass is 32.2. The number of phenols is 1. The van der Waals surface area contributed by atoms with E-state index in [4.69, 9.17) is 5.26 Å². The molecular weight excluding hydrogens is 358 g/mol. The number of aliphatic hydroxyl groups is 1. The molecule has 26 heavy (non-hydrogen) atoms. The number of nitrogens with one attached hydrogen (secondary N) is 1. The van der Waals surface area contributed by atoms with Gasteiger partial charge in [-0.05, 0) is 30.5 Å². The molecule has 3 rings (SSSR count). The van der Waals surface area contributed by atoms with Gasteiger partial charge in [0, 0.05) is 24.7 Å². The van der Waals surface area contributed by atoms with Crippen LogP contribution in [0.1, 0.15) is 19.3 Å². The van der Waals surface area contributed by atoms with Gasteiger partial charge in [-0.3, -0.25) is 4.68 Å². The number of aromatic nitrogens is 2. The molecule has 0 unspecified atom stereocenters. The number of hydrogen-bond donors (Lipinski definition) is 3. The predicted molar refractivity (Wildman–Crippen MR) is 94.0 cm³/mol. The van der Waals surface area contributed by atoms with Crippen LogP contribution in [0.3, 0.4) is 0 Å². The summed E-state index contributed by atoms with van der Waals surface area (Å²) in [6.07, 6.45) is 6.57. The van der Waals surface area contributed by atoms with Gasteiger partial charge in [0.05, 0.1) is 18.5 Å². The fourth-order valence-electron chi connectivity index (χ4n) is 2.58. The van der Waals surface area contributed by atoms with Crippen molar-refractivity contribution < 1.29 is 18.6 Å². The molecule has 1 aliphatic rings. The number of benzene rings is 1. The SMILES string of the molecule is N#CCCCCn1cc(-c2ccc(O)c(N3C=C(O)NS3(=O)=O)c2)cn1. The summed E-state index contributed by atoms with van der Waals surface area (Å²) in [7, 11) is -3.99. The van der Waals surface area contributed by atoms with Crippen LogP contribution in [0.25, 0.3) is 11.1 Å². The summed E-state index contributed by atoms with van der Waals surface area (Å²) in [6, 6.07) is 6.63. The molecule has 1 aromatic heterocycles. The number of phenolic OH excluding ortho intramolecular Hbond substituents is 1. The fraction of sp³-hybridized carbons (Fsp3) is 0.250. The van der Waals surface area contributed by atoms with E-state index in [0.717, 1.165) is 28.9 Å². The minimum Gasteiger partial charge on any atom is -0.506 e. The molecule has 0 radical (unpaired) electrons. The largest absolute Gasteiger partial charge is 0.506 e. The molecule has 3 N–H and O–H groups in total. The second-order valence-electron chi connectivity index (χ2n) is 5.73. The number of rotatable bonds is 6. The molecule has 2 aromatic rings. The van der Waals surface area contributed by atoms with Crippen LogP contribution in [0.2, 0.25) is 0 Å². The van der Waals surface area contributed by atoms with Crippen LogP contribution in [0.15, 0.2) is 42.7 Å². The van der Waals surface area contributed by atoms with E-state index in [1.807, 2.05) is 10.9 Å². The number of hydrogen-bond acceptors (Lipinski definition) is 6. The van der Waals surface area contributed by atoms with E-state index in [2.05, 4.69) is 11.2 Å². The number of aliphatic hydroxyl groups excluding tert-OH is 1. The first-order chi connectivity index (χ1) is 12.4. The Labute approximate surface area is 150 Å². The Kier molecular flexibility index (Phi) is 4.73. The first kappa shape index (κ1) is 17.6. The van der Waals surface area contributed by atoms with E-state index in [1.54, 1.807) is 16.9 Å². The molecule has 0 atom stereocenters. The summed E-state index contributed by atoms with van der Waals surface area (Å²) in [5.74, 6) is -0.769. The Balaban J connectivity index is 1.85. The summed E-state index contributed by atoms with van der Waals surface area (Å²) < 4.78 is 28.5. The van der Waals surface area contributed by atoms with Crippen LogP contribution in [0, 0.1) is 11.3 Å². The lowest BCUT2D eigenvalue weighted by molar-refractivity contribution is 0.392. The van der Waals surface area contributed by atoms with Crippen molar-refractivity contribution in [3.05, 3.63) is 42.7 Å². The second kappa shape index (κ2) is 6.97. The molecule has 0 saturated heterocycles. The van der Waals surface area contributed by atoms with Gasteiger partial charge in [0.15, 0.2) is 0 Å². The van der Waals surface area contributed by atoms with Gasteiger partial charge in [0.25, 0.3) is 0 Å². The van der Waals surface area contributed by atoms with Gasteiger partial charge in [-0.1, -0.05) is 6.07 Å². The average molecular weight is 375 g/mol. The van der Waals surface area contributed by atoms with Gasteiger partial charge in [0.2, 0.25) is 5.88 Å². The Morgan fingerprint density at radius 2 is 2.04 bits per heavy atom. The van der Waals surface area contributed by atoms with Crippen molar-refractivity contribution in [2.24, 2.45) is 0 Å². The maximum absolute atomic E-state index is 12.0. The third-order valence-electron chi connectivity index (χ3n) is 3.84. The molecule has 10 heteroatoms. The van der Waals surface area contributed by atoms with Crippen LogP contribution in [0.5, 0.6) is 5.75 Å². The van der Waals surface area contributed by atoms with Crippen molar-refractivity contribution in [2.45, 2.75) is 25.8 Å². The molecule has 1 aromatic carbocycles. The van der Waals surface area contributed by atoms with Crippen LogP contribution in [-0.2, 0) is 16.8 Å².